The SMILES string of the molecule is CCCCN(CCCC)C(=O)CN1C[C@H](c2ccc3c(c2)OCO3)[C@H](OC(=O)O)[C@H]1c1ccc(CC)cc1. The second-order valence-corrected chi connectivity index (χ2v) is 10.1. The standard InChI is InChI=1S/C30H40N2O6/c1-4-7-15-31(16-8-5-2)27(33)19-32-18-24(23-13-14-25-26(17-23)37-20-36-25)29(38-30(34)35)28(32)22-11-9-21(6-3)10-12-22/h9-14,17,24,28-29H,4-8,15-16,18-20H2,1-3H3,(H,34,35)/t24-,28-,29+/m1/s1. The van der Waals surface area contributed by atoms with Gasteiger partial charge in [0.2, 0.25) is 12.7 Å². The summed E-state index contributed by atoms with van der Waals surface area (Å²) in [5, 5.41) is 9.73. The molecule has 0 aliphatic carbocycles. The summed E-state index contributed by atoms with van der Waals surface area (Å²) in [4.78, 5) is 29.6. The third kappa shape index (κ3) is 6.41. The molecule has 2 aliphatic heterocycles. The largest absolute Gasteiger partial charge is 0.506 e. The van der Waals surface area contributed by atoms with Crippen molar-refractivity contribution in [3.63, 3.8) is 0 Å². The summed E-state index contributed by atoms with van der Waals surface area (Å²) < 4.78 is 16.7. The van der Waals surface area contributed by atoms with E-state index in [1.165, 1.54) is 5.56 Å². The molecule has 0 aromatic heterocycles. The maximum absolute atomic E-state index is 13.6. The van der Waals surface area contributed by atoms with Crippen LogP contribution in [0.3, 0.4) is 0 Å². The third-order valence-electron chi connectivity index (χ3n) is 7.58. The van der Waals surface area contributed by atoms with Crippen LogP contribution in [-0.4, -0.2) is 66.0 Å². The summed E-state index contributed by atoms with van der Waals surface area (Å²) in [5.74, 6) is 1.11. The van der Waals surface area contributed by atoms with Gasteiger partial charge in [0.15, 0.2) is 11.5 Å². The van der Waals surface area contributed by atoms with Crippen LogP contribution in [0.4, 0.5) is 4.79 Å². The first-order valence-electron chi connectivity index (χ1n) is 13.8. The summed E-state index contributed by atoms with van der Waals surface area (Å²) in [5.41, 5.74) is 3.04. The molecule has 3 atom stereocenters. The number of hydrogen-bond donors (Lipinski definition) is 1. The van der Waals surface area contributed by atoms with E-state index in [1.54, 1.807) is 0 Å². The molecule has 1 saturated heterocycles. The molecule has 206 valence electrons. The lowest BCUT2D eigenvalue weighted by atomic mass is 9.90. The van der Waals surface area contributed by atoms with Gasteiger partial charge < -0.3 is 24.2 Å². The number of unbranched alkanes of at least 4 members (excludes halogenated alkanes) is 2. The molecule has 38 heavy (non-hydrogen) atoms. The Bertz CT molecular complexity index is 1080. The fourth-order valence-electron chi connectivity index (χ4n) is 5.45. The maximum Gasteiger partial charge on any atom is 0.506 e. The number of likely N-dealkylation sites (tertiary alicyclic amines) is 1. The van der Waals surface area contributed by atoms with Gasteiger partial charge in [-0.25, -0.2) is 4.79 Å². The van der Waals surface area contributed by atoms with Crippen molar-refractivity contribution in [1.29, 1.82) is 0 Å². The Balaban J connectivity index is 1.68. The smallest absolute Gasteiger partial charge is 0.454 e. The zero-order valence-corrected chi connectivity index (χ0v) is 22.7. The Morgan fingerprint density at radius 3 is 2.26 bits per heavy atom. The van der Waals surface area contributed by atoms with Gasteiger partial charge in [0.25, 0.3) is 0 Å². The van der Waals surface area contributed by atoms with Crippen LogP contribution in [0.15, 0.2) is 42.5 Å². The van der Waals surface area contributed by atoms with Crippen LogP contribution < -0.4 is 9.47 Å². The van der Waals surface area contributed by atoms with Crippen molar-refractivity contribution < 1.29 is 28.9 Å². The summed E-state index contributed by atoms with van der Waals surface area (Å²) in [6.07, 6.45) is 2.86. The summed E-state index contributed by atoms with van der Waals surface area (Å²) in [6, 6.07) is 13.5. The Morgan fingerprint density at radius 2 is 1.63 bits per heavy atom. The van der Waals surface area contributed by atoms with Gasteiger partial charge in [-0.3, -0.25) is 9.69 Å². The molecule has 2 aromatic rings. The highest BCUT2D eigenvalue weighted by Gasteiger charge is 2.47. The number of fused-ring (bicyclic) bond motifs is 1. The number of rotatable bonds is 12. The van der Waals surface area contributed by atoms with Crippen LogP contribution in [0.2, 0.25) is 0 Å². The molecular weight excluding hydrogens is 484 g/mol. The first-order chi connectivity index (χ1) is 18.4. The first-order valence-corrected chi connectivity index (χ1v) is 13.8. The maximum atomic E-state index is 13.6. The number of ether oxygens (including phenoxy) is 3. The van der Waals surface area contributed by atoms with Crippen molar-refractivity contribution in [1.82, 2.24) is 9.80 Å². The minimum atomic E-state index is -1.32. The van der Waals surface area contributed by atoms with Crippen molar-refractivity contribution in [2.24, 2.45) is 0 Å². The van der Waals surface area contributed by atoms with Crippen LogP contribution in [0.5, 0.6) is 11.5 Å². The quantitative estimate of drug-likeness (QED) is 0.361. The molecule has 0 saturated carbocycles. The van der Waals surface area contributed by atoms with E-state index in [2.05, 4.69) is 37.8 Å². The molecule has 1 amide bonds. The van der Waals surface area contributed by atoms with Gasteiger partial charge in [-0.1, -0.05) is 63.9 Å². The third-order valence-corrected chi connectivity index (χ3v) is 7.58. The molecule has 0 spiro atoms. The minimum Gasteiger partial charge on any atom is -0.454 e. The minimum absolute atomic E-state index is 0.0718. The van der Waals surface area contributed by atoms with Crippen LogP contribution in [-0.2, 0) is 16.0 Å². The average Bonchev–Trinajstić information content (AvgIpc) is 3.52. The molecule has 2 heterocycles. The van der Waals surface area contributed by atoms with Crippen molar-refractivity contribution in [2.45, 2.75) is 70.9 Å². The van der Waals surface area contributed by atoms with Gasteiger partial charge >= 0.3 is 6.16 Å². The van der Waals surface area contributed by atoms with E-state index in [1.807, 2.05) is 35.2 Å². The van der Waals surface area contributed by atoms with E-state index in [9.17, 15) is 14.7 Å². The summed E-state index contributed by atoms with van der Waals surface area (Å²) in [7, 11) is 0. The van der Waals surface area contributed by atoms with E-state index in [-0.39, 0.29) is 25.2 Å². The zero-order chi connectivity index (χ0) is 27.1. The molecule has 0 unspecified atom stereocenters. The van der Waals surface area contributed by atoms with Gasteiger partial charge in [0, 0.05) is 25.6 Å². The molecule has 1 fully saturated rings. The van der Waals surface area contributed by atoms with E-state index in [0.29, 0.717) is 18.0 Å². The topological polar surface area (TPSA) is 88.5 Å². The fraction of sp³-hybridized carbons (Fsp3) is 0.533. The van der Waals surface area contributed by atoms with E-state index in [4.69, 9.17) is 14.2 Å². The second kappa shape index (κ2) is 13.0. The summed E-state index contributed by atoms with van der Waals surface area (Å²) in [6.45, 7) is 8.68. The first kappa shape index (κ1) is 27.8. The van der Waals surface area contributed by atoms with Gasteiger partial charge in [0.1, 0.15) is 6.10 Å². The number of aryl methyl sites for hydroxylation is 1. The monoisotopic (exact) mass is 524 g/mol. The van der Waals surface area contributed by atoms with E-state index in [0.717, 1.165) is 56.3 Å². The molecule has 2 aliphatic rings. The zero-order valence-electron chi connectivity index (χ0n) is 22.7. The molecule has 0 radical (unpaired) electrons. The number of carboxylic acid groups (broad SMARTS) is 1. The molecule has 8 nitrogen and oxygen atoms in total. The Labute approximate surface area is 225 Å². The van der Waals surface area contributed by atoms with Gasteiger partial charge in [-0.2, -0.15) is 0 Å². The van der Waals surface area contributed by atoms with E-state index >= 15 is 0 Å². The van der Waals surface area contributed by atoms with Crippen LogP contribution >= 0.6 is 0 Å². The number of nitrogens with zero attached hydrogens (tertiary/aromatic N) is 2. The average molecular weight is 525 g/mol. The van der Waals surface area contributed by atoms with Gasteiger partial charge in [-0.05, 0) is 48.1 Å². The lowest BCUT2D eigenvalue weighted by Gasteiger charge is -2.30. The molecular formula is C30H40N2O6. The van der Waals surface area contributed by atoms with Crippen LogP contribution in [0.25, 0.3) is 0 Å². The highest BCUT2D eigenvalue weighted by Crippen LogP contribution is 2.45. The molecule has 1 N–H and O–H groups in total. The lowest BCUT2D eigenvalue weighted by molar-refractivity contribution is -0.133. The molecule has 8 heteroatoms. The number of carbonyl (C=O) groups excluding carboxylic acids is 1. The molecule has 4 rings (SSSR count). The predicted octanol–water partition coefficient (Wildman–Crippen LogP) is 5.61. The van der Waals surface area contributed by atoms with Crippen molar-refractivity contribution in [2.75, 3.05) is 33.0 Å². The normalized spacial score (nSPS) is 20.4. The number of hydrogen-bond acceptors (Lipinski definition) is 6. The Kier molecular flexibility index (Phi) is 9.50. The second-order valence-electron chi connectivity index (χ2n) is 10.1. The van der Waals surface area contributed by atoms with Crippen LogP contribution in [0.1, 0.15) is 75.1 Å². The van der Waals surface area contributed by atoms with Gasteiger partial charge in [-0.15, -0.1) is 0 Å². The number of amides is 1. The Hall–Kier alpha value is -3.26. The van der Waals surface area contributed by atoms with Crippen LogP contribution in [0, 0.1) is 0 Å². The van der Waals surface area contributed by atoms with Crippen molar-refractivity contribution in [3.05, 3.63) is 59.2 Å². The molecule has 0 bridgehead atoms. The number of benzene rings is 2. The summed E-state index contributed by atoms with van der Waals surface area (Å²) >= 11 is 0. The molecule has 2 aromatic carbocycles. The number of carbonyl (C=O) groups is 2. The van der Waals surface area contributed by atoms with Crippen molar-refractivity contribution in [3.8, 4) is 11.5 Å². The van der Waals surface area contributed by atoms with Crippen molar-refractivity contribution >= 4 is 12.1 Å². The predicted molar refractivity (Wildman–Crippen MR) is 145 cm³/mol. The lowest BCUT2D eigenvalue weighted by Crippen LogP contribution is -2.42. The fourth-order valence-corrected chi connectivity index (χ4v) is 5.45. The highest BCUT2D eigenvalue weighted by molar-refractivity contribution is 5.78. The highest BCUT2D eigenvalue weighted by atomic mass is 16.7. The van der Waals surface area contributed by atoms with Gasteiger partial charge in [0.05, 0.1) is 12.6 Å². The van der Waals surface area contributed by atoms with E-state index < -0.39 is 18.3 Å². The Morgan fingerprint density at radius 1 is 0.974 bits per heavy atom.